The average molecular weight is 192 g/mol. The lowest BCUT2D eigenvalue weighted by Crippen LogP contribution is -1.75. The molecule has 0 saturated carbocycles. The van der Waals surface area contributed by atoms with Crippen molar-refractivity contribution in [3.63, 3.8) is 0 Å². The highest BCUT2D eigenvalue weighted by Gasteiger charge is 2.02. The fourth-order valence-corrected chi connectivity index (χ4v) is 1.82. The van der Waals surface area contributed by atoms with Gasteiger partial charge in [-0.2, -0.15) is 0 Å². The molecular formula is C9H8N2OS. The molecule has 0 spiro atoms. The number of aryl methyl sites for hydroxylation is 1. The highest BCUT2D eigenvalue weighted by molar-refractivity contribution is 7.15. The molecule has 0 unspecified atom stereocenters. The predicted octanol–water partition coefficient (Wildman–Crippen LogP) is 2.22. The normalized spacial score (nSPS) is 10.2. The molecule has 3 nitrogen and oxygen atoms in total. The van der Waals surface area contributed by atoms with Crippen LogP contribution >= 0.6 is 11.3 Å². The second kappa shape index (κ2) is 3.14. The zero-order valence-electron chi connectivity index (χ0n) is 7.06. The summed E-state index contributed by atoms with van der Waals surface area (Å²) in [6.45, 7) is 1.95. The van der Waals surface area contributed by atoms with E-state index in [2.05, 4.69) is 9.97 Å². The second-order valence-corrected chi connectivity index (χ2v) is 3.91. The van der Waals surface area contributed by atoms with Crippen LogP contribution in [-0.4, -0.2) is 15.1 Å². The van der Waals surface area contributed by atoms with Gasteiger partial charge in [0, 0.05) is 18.0 Å². The molecule has 0 aliphatic carbocycles. The standard InChI is InChI=1S/C9H8N2OS/c1-6-11-5-9(13-6)7-2-8(12)4-10-3-7/h2-5,12H,1H3. The number of thiazole rings is 1. The van der Waals surface area contributed by atoms with E-state index in [0.29, 0.717) is 0 Å². The van der Waals surface area contributed by atoms with Gasteiger partial charge in [-0.15, -0.1) is 11.3 Å². The lowest BCUT2D eigenvalue weighted by Gasteiger charge is -1.95. The molecule has 2 rings (SSSR count). The summed E-state index contributed by atoms with van der Waals surface area (Å²) >= 11 is 1.59. The van der Waals surface area contributed by atoms with E-state index < -0.39 is 0 Å². The van der Waals surface area contributed by atoms with Crippen molar-refractivity contribution in [2.75, 3.05) is 0 Å². The molecule has 4 heteroatoms. The highest BCUT2D eigenvalue weighted by atomic mass is 32.1. The van der Waals surface area contributed by atoms with Gasteiger partial charge in [0.2, 0.25) is 0 Å². The molecule has 0 fully saturated rings. The van der Waals surface area contributed by atoms with Crippen LogP contribution in [-0.2, 0) is 0 Å². The maximum Gasteiger partial charge on any atom is 0.134 e. The van der Waals surface area contributed by atoms with Gasteiger partial charge in [-0.1, -0.05) is 0 Å². The van der Waals surface area contributed by atoms with Crippen LogP contribution in [0.5, 0.6) is 5.75 Å². The Hall–Kier alpha value is -1.42. The Kier molecular flexibility index (Phi) is 1.98. The van der Waals surface area contributed by atoms with Crippen LogP contribution in [0.3, 0.4) is 0 Å². The van der Waals surface area contributed by atoms with Crippen molar-refractivity contribution in [1.82, 2.24) is 9.97 Å². The minimum absolute atomic E-state index is 0.184. The summed E-state index contributed by atoms with van der Waals surface area (Å²) in [4.78, 5) is 9.06. The molecule has 0 bridgehead atoms. The smallest absolute Gasteiger partial charge is 0.134 e. The molecule has 2 aromatic heterocycles. The number of pyridine rings is 1. The van der Waals surface area contributed by atoms with Crippen LogP contribution in [0.25, 0.3) is 10.4 Å². The first-order valence-corrected chi connectivity index (χ1v) is 4.64. The fraction of sp³-hybridized carbons (Fsp3) is 0.111. The molecule has 0 aliphatic heterocycles. The molecule has 0 saturated heterocycles. The van der Waals surface area contributed by atoms with Crippen molar-refractivity contribution in [1.29, 1.82) is 0 Å². The number of aromatic nitrogens is 2. The molecule has 0 amide bonds. The number of aromatic hydroxyl groups is 1. The molecule has 2 heterocycles. The molecule has 2 aromatic rings. The van der Waals surface area contributed by atoms with Crippen molar-refractivity contribution in [2.45, 2.75) is 6.92 Å². The van der Waals surface area contributed by atoms with Crippen LogP contribution in [0.2, 0.25) is 0 Å². The van der Waals surface area contributed by atoms with E-state index >= 15 is 0 Å². The minimum atomic E-state index is 0.184. The van der Waals surface area contributed by atoms with Crippen LogP contribution in [0, 0.1) is 6.92 Å². The first-order chi connectivity index (χ1) is 6.25. The van der Waals surface area contributed by atoms with E-state index in [1.165, 1.54) is 6.20 Å². The maximum atomic E-state index is 9.20. The second-order valence-electron chi connectivity index (χ2n) is 2.68. The van der Waals surface area contributed by atoms with Gasteiger partial charge >= 0.3 is 0 Å². The number of nitrogens with zero attached hydrogens (tertiary/aromatic N) is 2. The zero-order valence-corrected chi connectivity index (χ0v) is 7.88. The summed E-state index contributed by atoms with van der Waals surface area (Å²) in [5, 5.41) is 10.2. The summed E-state index contributed by atoms with van der Waals surface area (Å²) in [5.74, 6) is 0.184. The quantitative estimate of drug-likeness (QED) is 0.753. The monoisotopic (exact) mass is 192 g/mol. The van der Waals surface area contributed by atoms with E-state index in [-0.39, 0.29) is 5.75 Å². The van der Waals surface area contributed by atoms with Crippen LogP contribution in [0.15, 0.2) is 24.7 Å². The summed E-state index contributed by atoms with van der Waals surface area (Å²) in [6, 6.07) is 1.68. The fourth-order valence-electron chi connectivity index (χ4n) is 1.06. The molecule has 0 atom stereocenters. The lowest BCUT2D eigenvalue weighted by molar-refractivity contribution is 0.473. The van der Waals surface area contributed by atoms with E-state index in [4.69, 9.17) is 0 Å². The Morgan fingerprint density at radius 1 is 1.31 bits per heavy atom. The van der Waals surface area contributed by atoms with E-state index in [0.717, 1.165) is 15.4 Å². The summed E-state index contributed by atoms with van der Waals surface area (Å²) in [7, 11) is 0. The van der Waals surface area contributed by atoms with Crippen molar-refractivity contribution in [3.8, 4) is 16.2 Å². The molecule has 1 N–H and O–H groups in total. The summed E-state index contributed by atoms with van der Waals surface area (Å²) in [6.07, 6.45) is 4.92. The van der Waals surface area contributed by atoms with Crippen LogP contribution in [0.4, 0.5) is 0 Å². The Balaban J connectivity index is 2.46. The van der Waals surface area contributed by atoms with E-state index in [1.807, 2.05) is 6.92 Å². The van der Waals surface area contributed by atoms with Gasteiger partial charge < -0.3 is 5.11 Å². The van der Waals surface area contributed by atoms with Crippen LogP contribution < -0.4 is 0 Å². The molecule has 66 valence electrons. The average Bonchev–Trinajstić information content (AvgIpc) is 2.52. The van der Waals surface area contributed by atoms with Gasteiger partial charge in [0.25, 0.3) is 0 Å². The van der Waals surface area contributed by atoms with E-state index in [9.17, 15) is 5.11 Å². The zero-order chi connectivity index (χ0) is 9.26. The van der Waals surface area contributed by atoms with Gasteiger partial charge in [0.05, 0.1) is 16.1 Å². The van der Waals surface area contributed by atoms with E-state index in [1.54, 1.807) is 29.8 Å². The SMILES string of the molecule is Cc1ncc(-c2cncc(O)c2)s1. The third-order valence-corrected chi connectivity index (χ3v) is 2.59. The van der Waals surface area contributed by atoms with Crippen LogP contribution in [0.1, 0.15) is 5.01 Å². The highest BCUT2D eigenvalue weighted by Crippen LogP contribution is 2.26. The molecule has 0 aromatic carbocycles. The Morgan fingerprint density at radius 2 is 2.15 bits per heavy atom. The number of rotatable bonds is 1. The van der Waals surface area contributed by atoms with Crippen molar-refractivity contribution in [3.05, 3.63) is 29.7 Å². The Morgan fingerprint density at radius 3 is 2.77 bits per heavy atom. The third kappa shape index (κ3) is 1.67. The predicted molar refractivity (Wildman–Crippen MR) is 51.7 cm³/mol. The van der Waals surface area contributed by atoms with Gasteiger partial charge in [-0.05, 0) is 13.0 Å². The maximum absolute atomic E-state index is 9.20. The Bertz CT molecular complexity index is 425. The van der Waals surface area contributed by atoms with Crippen molar-refractivity contribution in [2.24, 2.45) is 0 Å². The van der Waals surface area contributed by atoms with Gasteiger partial charge in [0.15, 0.2) is 0 Å². The number of hydrogen-bond donors (Lipinski definition) is 1. The van der Waals surface area contributed by atoms with Crippen molar-refractivity contribution >= 4 is 11.3 Å². The third-order valence-electron chi connectivity index (χ3n) is 1.63. The lowest BCUT2D eigenvalue weighted by atomic mass is 10.2. The molecular weight excluding hydrogens is 184 g/mol. The molecule has 0 aliphatic rings. The van der Waals surface area contributed by atoms with Gasteiger partial charge in [-0.3, -0.25) is 4.98 Å². The largest absolute Gasteiger partial charge is 0.506 e. The number of hydrogen-bond acceptors (Lipinski definition) is 4. The minimum Gasteiger partial charge on any atom is -0.506 e. The topological polar surface area (TPSA) is 46.0 Å². The van der Waals surface area contributed by atoms with Crippen molar-refractivity contribution < 1.29 is 5.11 Å². The first-order valence-electron chi connectivity index (χ1n) is 3.82. The van der Waals surface area contributed by atoms with Gasteiger partial charge in [0.1, 0.15) is 5.75 Å². The summed E-state index contributed by atoms with van der Waals surface area (Å²) in [5.41, 5.74) is 0.908. The Labute approximate surface area is 79.7 Å². The molecule has 0 radical (unpaired) electrons. The summed E-state index contributed by atoms with van der Waals surface area (Å²) < 4.78 is 0. The molecule has 13 heavy (non-hydrogen) atoms. The van der Waals surface area contributed by atoms with Gasteiger partial charge in [-0.25, -0.2) is 4.98 Å². The first kappa shape index (κ1) is 8.19.